The number of rotatable bonds is 5. The van der Waals surface area contributed by atoms with Crippen molar-refractivity contribution in [2.45, 2.75) is 39.2 Å². The topological polar surface area (TPSA) is 21.3 Å². The van der Waals surface area contributed by atoms with Crippen LogP contribution in [0.25, 0.3) is 0 Å². The number of hydrogen-bond acceptors (Lipinski definition) is 2. The van der Waals surface area contributed by atoms with Gasteiger partial charge in [0.2, 0.25) is 0 Å². The average Bonchev–Trinajstić information content (AvgIpc) is 2.48. The van der Waals surface area contributed by atoms with E-state index in [1.807, 2.05) is 0 Å². The molecule has 1 fully saturated rings. The summed E-state index contributed by atoms with van der Waals surface area (Å²) in [5.74, 6) is 1.56. The third-order valence-corrected chi connectivity index (χ3v) is 3.28. The van der Waals surface area contributed by atoms with Crippen LogP contribution in [0.1, 0.15) is 33.1 Å². The second kappa shape index (κ2) is 5.61. The summed E-state index contributed by atoms with van der Waals surface area (Å²) in [6.07, 6.45) is 3.78. The Labute approximate surface area is 82.0 Å². The normalized spacial score (nSPS) is 33.9. The third kappa shape index (κ3) is 2.96. The van der Waals surface area contributed by atoms with Gasteiger partial charge in [-0.2, -0.15) is 0 Å². The molecule has 1 saturated carbocycles. The van der Waals surface area contributed by atoms with Crippen molar-refractivity contribution in [2.24, 2.45) is 11.8 Å². The van der Waals surface area contributed by atoms with Gasteiger partial charge in [0.25, 0.3) is 0 Å². The molecule has 0 spiro atoms. The first-order chi connectivity index (χ1) is 6.29. The van der Waals surface area contributed by atoms with Crippen molar-refractivity contribution in [1.29, 1.82) is 0 Å². The Bertz CT molecular complexity index is 138. The summed E-state index contributed by atoms with van der Waals surface area (Å²) < 4.78 is 5.60. The average molecular weight is 185 g/mol. The van der Waals surface area contributed by atoms with Crippen molar-refractivity contribution >= 4 is 0 Å². The van der Waals surface area contributed by atoms with Gasteiger partial charge in [0.15, 0.2) is 0 Å². The molecule has 0 radical (unpaired) electrons. The van der Waals surface area contributed by atoms with E-state index in [2.05, 4.69) is 26.2 Å². The lowest BCUT2D eigenvalue weighted by atomic mass is 9.97. The quantitative estimate of drug-likeness (QED) is 0.662. The molecule has 2 nitrogen and oxygen atoms in total. The summed E-state index contributed by atoms with van der Waals surface area (Å²) in [6.45, 7) is 6.39. The minimum Gasteiger partial charge on any atom is -0.381 e. The number of nitrogens with one attached hydrogen (secondary N) is 1. The molecule has 0 amide bonds. The van der Waals surface area contributed by atoms with Crippen molar-refractivity contribution in [3.05, 3.63) is 0 Å². The van der Waals surface area contributed by atoms with Crippen LogP contribution in [-0.2, 0) is 4.74 Å². The second-order valence-electron chi connectivity index (χ2n) is 4.17. The minimum absolute atomic E-state index is 0.718. The predicted octanol–water partition coefficient (Wildman–Crippen LogP) is 2.05. The largest absolute Gasteiger partial charge is 0.381 e. The van der Waals surface area contributed by atoms with E-state index in [1.165, 1.54) is 12.8 Å². The Morgan fingerprint density at radius 2 is 2.15 bits per heavy atom. The van der Waals surface area contributed by atoms with Crippen LogP contribution in [-0.4, -0.2) is 26.3 Å². The molecular formula is C11H23NO. The molecule has 1 rings (SSSR count). The van der Waals surface area contributed by atoms with Crippen molar-refractivity contribution in [3.8, 4) is 0 Å². The van der Waals surface area contributed by atoms with Gasteiger partial charge in [0.1, 0.15) is 0 Å². The lowest BCUT2D eigenvalue weighted by molar-refractivity contribution is 0.0867. The Morgan fingerprint density at radius 3 is 2.69 bits per heavy atom. The van der Waals surface area contributed by atoms with E-state index in [9.17, 15) is 0 Å². The van der Waals surface area contributed by atoms with E-state index in [0.717, 1.165) is 37.5 Å². The monoisotopic (exact) mass is 185 g/mol. The fraction of sp³-hybridized carbons (Fsp3) is 1.00. The number of ether oxygens (including phenoxy) is 1. The highest BCUT2D eigenvalue weighted by Gasteiger charge is 2.31. The van der Waals surface area contributed by atoms with Gasteiger partial charge in [0, 0.05) is 19.3 Å². The highest BCUT2D eigenvalue weighted by Crippen LogP contribution is 2.31. The van der Waals surface area contributed by atoms with Crippen LogP contribution < -0.4 is 5.32 Å². The first kappa shape index (κ1) is 11.0. The van der Waals surface area contributed by atoms with Gasteiger partial charge in [-0.15, -0.1) is 0 Å². The zero-order valence-corrected chi connectivity index (χ0v) is 9.18. The Balaban J connectivity index is 2.20. The van der Waals surface area contributed by atoms with Crippen LogP contribution in [0.15, 0.2) is 0 Å². The first-order valence-corrected chi connectivity index (χ1v) is 5.54. The molecule has 0 bridgehead atoms. The highest BCUT2D eigenvalue weighted by molar-refractivity contribution is 4.85. The van der Waals surface area contributed by atoms with E-state index < -0.39 is 0 Å². The molecule has 3 atom stereocenters. The summed E-state index contributed by atoms with van der Waals surface area (Å²) in [5.41, 5.74) is 0. The zero-order chi connectivity index (χ0) is 9.68. The molecule has 0 aromatic heterocycles. The second-order valence-corrected chi connectivity index (χ2v) is 4.17. The van der Waals surface area contributed by atoms with Crippen LogP contribution in [0.5, 0.6) is 0 Å². The summed E-state index contributed by atoms with van der Waals surface area (Å²) >= 11 is 0. The highest BCUT2D eigenvalue weighted by atomic mass is 16.5. The van der Waals surface area contributed by atoms with Gasteiger partial charge in [-0.05, 0) is 38.1 Å². The van der Waals surface area contributed by atoms with Gasteiger partial charge < -0.3 is 10.1 Å². The van der Waals surface area contributed by atoms with Gasteiger partial charge in [-0.25, -0.2) is 0 Å². The van der Waals surface area contributed by atoms with E-state index in [1.54, 1.807) is 0 Å². The smallest absolute Gasteiger partial charge is 0.0497 e. The van der Waals surface area contributed by atoms with Gasteiger partial charge in [-0.3, -0.25) is 0 Å². The molecule has 1 aliphatic carbocycles. The van der Waals surface area contributed by atoms with E-state index in [0.29, 0.717) is 0 Å². The van der Waals surface area contributed by atoms with Gasteiger partial charge >= 0.3 is 0 Å². The molecule has 0 aromatic rings. The fourth-order valence-electron chi connectivity index (χ4n) is 2.27. The Morgan fingerprint density at radius 1 is 1.38 bits per heavy atom. The van der Waals surface area contributed by atoms with E-state index in [4.69, 9.17) is 4.74 Å². The van der Waals surface area contributed by atoms with Crippen molar-refractivity contribution in [1.82, 2.24) is 5.32 Å². The third-order valence-electron chi connectivity index (χ3n) is 3.28. The van der Waals surface area contributed by atoms with Gasteiger partial charge in [-0.1, -0.05) is 13.8 Å². The van der Waals surface area contributed by atoms with Crippen LogP contribution >= 0.6 is 0 Å². The van der Waals surface area contributed by atoms with Crippen molar-refractivity contribution < 1.29 is 4.74 Å². The maximum atomic E-state index is 5.60. The van der Waals surface area contributed by atoms with Gasteiger partial charge in [0.05, 0.1) is 0 Å². The van der Waals surface area contributed by atoms with Crippen LogP contribution in [0.2, 0.25) is 0 Å². The van der Waals surface area contributed by atoms with E-state index in [-0.39, 0.29) is 0 Å². The zero-order valence-electron chi connectivity index (χ0n) is 9.18. The molecule has 78 valence electrons. The minimum atomic E-state index is 0.718. The summed E-state index contributed by atoms with van der Waals surface area (Å²) in [5, 5.41) is 3.38. The Kier molecular flexibility index (Phi) is 4.74. The molecule has 0 aromatic carbocycles. The first-order valence-electron chi connectivity index (χ1n) is 5.54. The summed E-state index contributed by atoms with van der Waals surface area (Å²) in [6, 6.07) is 0.718. The van der Waals surface area contributed by atoms with Crippen molar-refractivity contribution in [3.63, 3.8) is 0 Å². The van der Waals surface area contributed by atoms with Crippen LogP contribution in [0.4, 0.5) is 0 Å². The maximum Gasteiger partial charge on any atom is 0.0497 e. The number of hydrogen-bond donors (Lipinski definition) is 1. The lowest BCUT2D eigenvalue weighted by Crippen LogP contribution is -2.30. The standard InChI is InChI=1S/C11H23NO/c1-4-7-13-8-10-5-6-11(12-3)9(10)2/h9-12H,4-8H2,1-3H3. The molecule has 0 heterocycles. The molecule has 1 N–H and O–H groups in total. The Hall–Kier alpha value is -0.0800. The molecule has 2 heteroatoms. The summed E-state index contributed by atoms with van der Waals surface area (Å²) in [4.78, 5) is 0. The fourth-order valence-corrected chi connectivity index (χ4v) is 2.27. The molecule has 0 saturated heterocycles. The molecule has 13 heavy (non-hydrogen) atoms. The molecule has 0 aliphatic heterocycles. The molecule has 3 unspecified atom stereocenters. The lowest BCUT2D eigenvalue weighted by Gasteiger charge is -2.20. The SMILES string of the molecule is CCCOCC1CCC(NC)C1C. The van der Waals surface area contributed by atoms with Crippen molar-refractivity contribution in [2.75, 3.05) is 20.3 Å². The summed E-state index contributed by atoms with van der Waals surface area (Å²) in [7, 11) is 2.07. The maximum absolute atomic E-state index is 5.60. The molecule has 1 aliphatic rings. The van der Waals surface area contributed by atoms with E-state index >= 15 is 0 Å². The van der Waals surface area contributed by atoms with Crippen LogP contribution in [0.3, 0.4) is 0 Å². The van der Waals surface area contributed by atoms with Crippen LogP contribution in [0, 0.1) is 11.8 Å². The predicted molar refractivity (Wildman–Crippen MR) is 55.8 cm³/mol. The molecular weight excluding hydrogens is 162 g/mol.